The van der Waals surface area contributed by atoms with Gasteiger partial charge in [0, 0.05) is 15.7 Å². The van der Waals surface area contributed by atoms with Gasteiger partial charge in [-0.3, -0.25) is 14.5 Å². The molecule has 31 heavy (non-hydrogen) atoms. The van der Waals surface area contributed by atoms with Crippen LogP contribution in [0.3, 0.4) is 0 Å². The molecule has 0 aliphatic carbocycles. The third kappa shape index (κ3) is 4.00. The molecule has 6 nitrogen and oxygen atoms in total. The molecule has 3 aromatic rings. The van der Waals surface area contributed by atoms with Gasteiger partial charge in [0.05, 0.1) is 0 Å². The predicted molar refractivity (Wildman–Crippen MR) is 119 cm³/mol. The maximum Gasteiger partial charge on any atom is 0.326 e. The van der Waals surface area contributed by atoms with Crippen molar-refractivity contribution < 1.29 is 14.4 Å². The SMILES string of the molecule is O=C(CN1C(=O)NC(c2ccccc2)(c2ccccc2)C1=O)Nc1cc(Cl)cc(Cl)c1. The molecular weight excluding hydrogens is 437 g/mol. The molecule has 3 aromatic carbocycles. The third-order valence-electron chi connectivity index (χ3n) is 4.97. The van der Waals surface area contributed by atoms with E-state index in [1.807, 2.05) is 12.1 Å². The van der Waals surface area contributed by atoms with Gasteiger partial charge in [-0.05, 0) is 29.3 Å². The molecule has 1 heterocycles. The first kappa shape index (κ1) is 20.9. The number of carbonyl (C=O) groups excluding carboxylic acids is 3. The maximum absolute atomic E-state index is 13.6. The number of nitrogens with zero attached hydrogens (tertiary/aromatic N) is 1. The summed E-state index contributed by atoms with van der Waals surface area (Å²) in [5.41, 5.74) is 0.152. The Labute approximate surface area is 188 Å². The van der Waals surface area contributed by atoms with Crippen molar-refractivity contribution in [2.75, 3.05) is 11.9 Å². The van der Waals surface area contributed by atoms with Crippen molar-refractivity contribution in [1.82, 2.24) is 10.2 Å². The zero-order chi connectivity index (χ0) is 22.0. The second-order valence-corrected chi connectivity index (χ2v) is 7.88. The van der Waals surface area contributed by atoms with Crippen molar-refractivity contribution in [2.45, 2.75) is 5.54 Å². The van der Waals surface area contributed by atoms with Gasteiger partial charge < -0.3 is 10.6 Å². The zero-order valence-electron chi connectivity index (χ0n) is 16.1. The highest BCUT2D eigenvalue weighted by atomic mass is 35.5. The van der Waals surface area contributed by atoms with E-state index in [0.717, 1.165) is 4.90 Å². The average molecular weight is 454 g/mol. The lowest BCUT2D eigenvalue weighted by molar-refractivity contribution is -0.133. The van der Waals surface area contributed by atoms with Crippen LogP contribution in [0.5, 0.6) is 0 Å². The van der Waals surface area contributed by atoms with Gasteiger partial charge in [-0.2, -0.15) is 0 Å². The van der Waals surface area contributed by atoms with Crippen LogP contribution in [0.15, 0.2) is 78.9 Å². The number of benzene rings is 3. The molecule has 4 amide bonds. The fraction of sp³-hybridized carbons (Fsp3) is 0.0870. The number of nitrogens with one attached hydrogen (secondary N) is 2. The summed E-state index contributed by atoms with van der Waals surface area (Å²) >= 11 is 11.9. The first-order chi connectivity index (χ1) is 14.9. The lowest BCUT2D eigenvalue weighted by atomic mass is 9.82. The number of urea groups is 1. The summed E-state index contributed by atoms with van der Waals surface area (Å²) in [6, 6.07) is 21.8. The quantitative estimate of drug-likeness (QED) is 0.560. The maximum atomic E-state index is 13.6. The Kier molecular flexibility index (Phi) is 5.67. The molecule has 0 spiro atoms. The molecule has 1 aliphatic heterocycles. The van der Waals surface area contributed by atoms with Gasteiger partial charge in [0.1, 0.15) is 6.54 Å². The molecule has 1 aliphatic rings. The van der Waals surface area contributed by atoms with E-state index < -0.39 is 29.9 Å². The standard InChI is InChI=1S/C23H17Cl2N3O3/c24-17-11-18(25)13-19(12-17)26-20(29)14-28-21(30)23(27-22(28)31,15-7-3-1-4-8-15)16-9-5-2-6-10-16/h1-13H,14H2,(H,26,29)(H,27,31). The normalized spacial score (nSPS) is 15.0. The number of carbonyl (C=O) groups is 3. The van der Waals surface area contributed by atoms with Crippen LogP contribution in [-0.4, -0.2) is 29.3 Å². The molecule has 0 unspecified atom stereocenters. The number of imide groups is 1. The molecule has 8 heteroatoms. The Balaban J connectivity index is 1.64. The van der Waals surface area contributed by atoms with Crippen LogP contribution in [0.2, 0.25) is 10.0 Å². The van der Waals surface area contributed by atoms with E-state index in [1.165, 1.54) is 18.2 Å². The van der Waals surface area contributed by atoms with E-state index in [4.69, 9.17) is 23.2 Å². The van der Waals surface area contributed by atoms with Crippen LogP contribution in [0.1, 0.15) is 11.1 Å². The smallest absolute Gasteiger partial charge is 0.324 e. The summed E-state index contributed by atoms with van der Waals surface area (Å²) in [4.78, 5) is 39.9. The topological polar surface area (TPSA) is 78.5 Å². The highest BCUT2D eigenvalue weighted by Crippen LogP contribution is 2.36. The summed E-state index contributed by atoms with van der Waals surface area (Å²) < 4.78 is 0. The third-order valence-corrected chi connectivity index (χ3v) is 5.40. The predicted octanol–water partition coefficient (Wildman–Crippen LogP) is 4.43. The van der Waals surface area contributed by atoms with E-state index in [2.05, 4.69) is 10.6 Å². The van der Waals surface area contributed by atoms with Crippen molar-refractivity contribution in [3.63, 3.8) is 0 Å². The van der Waals surface area contributed by atoms with Gasteiger partial charge in [-0.1, -0.05) is 83.9 Å². The van der Waals surface area contributed by atoms with Gasteiger partial charge >= 0.3 is 6.03 Å². The molecule has 0 radical (unpaired) electrons. The number of halogens is 2. The number of hydrogen-bond donors (Lipinski definition) is 2. The van der Waals surface area contributed by atoms with Gasteiger partial charge in [0.15, 0.2) is 5.54 Å². The molecule has 0 saturated carbocycles. The Morgan fingerprint density at radius 3 is 1.90 bits per heavy atom. The van der Waals surface area contributed by atoms with E-state index >= 15 is 0 Å². The van der Waals surface area contributed by atoms with E-state index in [9.17, 15) is 14.4 Å². The Morgan fingerprint density at radius 2 is 1.39 bits per heavy atom. The fourth-order valence-electron chi connectivity index (χ4n) is 3.62. The van der Waals surface area contributed by atoms with Crippen molar-refractivity contribution in [2.24, 2.45) is 0 Å². The Bertz CT molecular complexity index is 1090. The minimum Gasteiger partial charge on any atom is -0.324 e. The summed E-state index contributed by atoms with van der Waals surface area (Å²) in [5.74, 6) is -1.09. The molecule has 0 atom stereocenters. The summed E-state index contributed by atoms with van der Waals surface area (Å²) in [6.45, 7) is -0.462. The second kappa shape index (κ2) is 8.41. The lowest BCUT2D eigenvalue weighted by Crippen LogP contribution is -2.45. The van der Waals surface area contributed by atoms with Gasteiger partial charge in [0.25, 0.3) is 5.91 Å². The number of rotatable bonds is 5. The van der Waals surface area contributed by atoms with Gasteiger partial charge in [0.2, 0.25) is 5.91 Å². The number of amides is 4. The highest BCUT2D eigenvalue weighted by Gasteiger charge is 2.54. The average Bonchev–Trinajstić information content (AvgIpc) is 3.00. The largest absolute Gasteiger partial charge is 0.326 e. The van der Waals surface area contributed by atoms with Crippen LogP contribution in [0.25, 0.3) is 0 Å². The van der Waals surface area contributed by atoms with Gasteiger partial charge in [-0.15, -0.1) is 0 Å². The molecule has 0 bridgehead atoms. The van der Waals surface area contributed by atoms with E-state index in [1.54, 1.807) is 48.5 Å². The van der Waals surface area contributed by atoms with E-state index in [-0.39, 0.29) is 0 Å². The lowest BCUT2D eigenvalue weighted by Gasteiger charge is -2.28. The number of anilines is 1. The molecule has 1 saturated heterocycles. The Hall–Kier alpha value is -3.35. The molecule has 1 fully saturated rings. The second-order valence-electron chi connectivity index (χ2n) is 7.01. The minimum atomic E-state index is -1.42. The van der Waals surface area contributed by atoms with Crippen LogP contribution in [0.4, 0.5) is 10.5 Å². The highest BCUT2D eigenvalue weighted by molar-refractivity contribution is 6.35. The first-order valence-corrected chi connectivity index (χ1v) is 10.2. The first-order valence-electron chi connectivity index (χ1n) is 9.41. The number of hydrogen-bond acceptors (Lipinski definition) is 3. The fourth-order valence-corrected chi connectivity index (χ4v) is 4.15. The van der Waals surface area contributed by atoms with E-state index in [0.29, 0.717) is 26.9 Å². The van der Waals surface area contributed by atoms with Gasteiger partial charge in [-0.25, -0.2) is 4.79 Å². The monoisotopic (exact) mass is 453 g/mol. The van der Waals surface area contributed by atoms with Crippen LogP contribution in [0, 0.1) is 0 Å². The van der Waals surface area contributed by atoms with Crippen molar-refractivity contribution >= 4 is 46.7 Å². The van der Waals surface area contributed by atoms with Crippen molar-refractivity contribution in [3.8, 4) is 0 Å². The van der Waals surface area contributed by atoms with Crippen molar-refractivity contribution in [1.29, 1.82) is 0 Å². The van der Waals surface area contributed by atoms with Crippen LogP contribution in [-0.2, 0) is 15.1 Å². The summed E-state index contributed by atoms with van der Waals surface area (Å²) in [5, 5.41) is 6.12. The molecule has 4 rings (SSSR count). The summed E-state index contributed by atoms with van der Waals surface area (Å²) in [6.07, 6.45) is 0. The molecule has 0 aromatic heterocycles. The Morgan fingerprint density at radius 1 is 0.871 bits per heavy atom. The van der Waals surface area contributed by atoms with Crippen LogP contribution < -0.4 is 10.6 Å². The zero-order valence-corrected chi connectivity index (χ0v) is 17.7. The van der Waals surface area contributed by atoms with Crippen LogP contribution >= 0.6 is 23.2 Å². The molecule has 156 valence electrons. The van der Waals surface area contributed by atoms with Crippen molar-refractivity contribution in [3.05, 3.63) is 100 Å². The molecular formula is C23H17Cl2N3O3. The molecule has 2 N–H and O–H groups in total. The summed E-state index contributed by atoms with van der Waals surface area (Å²) in [7, 11) is 0. The minimum absolute atomic E-state index is 0.352.